The van der Waals surface area contributed by atoms with Crippen LogP contribution in [0.5, 0.6) is 5.75 Å². The molecule has 0 bridgehead atoms. The summed E-state index contributed by atoms with van der Waals surface area (Å²) >= 11 is 0. The number of aryl methyl sites for hydroxylation is 1. The Hall–Kier alpha value is -2.07. The molecule has 0 fully saturated rings. The number of hydrogen-bond acceptors (Lipinski definition) is 4. The van der Waals surface area contributed by atoms with Gasteiger partial charge in [0.2, 0.25) is 0 Å². The second kappa shape index (κ2) is 7.09. The van der Waals surface area contributed by atoms with Crippen molar-refractivity contribution in [1.29, 1.82) is 0 Å². The van der Waals surface area contributed by atoms with Crippen LogP contribution in [0.4, 0.5) is 5.82 Å². The van der Waals surface area contributed by atoms with Crippen LogP contribution in [0.2, 0.25) is 0 Å². The predicted molar refractivity (Wildman–Crippen MR) is 86.8 cm³/mol. The molecule has 0 saturated heterocycles. The predicted octanol–water partition coefficient (Wildman–Crippen LogP) is 2.75. The fourth-order valence-electron chi connectivity index (χ4n) is 2.25. The molecule has 0 unspecified atom stereocenters. The van der Waals surface area contributed by atoms with Crippen molar-refractivity contribution >= 4 is 5.82 Å². The summed E-state index contributed by atoms with van der Waals surface area (Å²) in [5.41, 5.74) is 3.54. The van der Waals surface area contributed by atoms with Gasteiger partial charge in [0.15, 0.2) is 0 Å². The highest BCUT2D eigenvalue weighted by atomic mass is 16.5. The van der Waals surface area contributed by atoms with E-state index in [-0.39, 0.29) is 0 Å². The number of pyridine rings is 1. The van der Waals surface area contributed by atoms with Crippen molar-refractivity contribution in [2.45, 2.75) is 20.0 Å². The molecule has 0 amide bonds. The normalized spacial score (nSPS) is 10.5. The van der Waals surface area contributed by atoms with E-state index in [1.165, 1.54) is 11.1 Å². The van der Waals surface area contributed by atoms with Crippen LogP contribution in [0.25, 0.3) is 0 Å². The second-order valence-electron chi connectivity index (χ2n) is 5.15. The Labute approximate surface area is 126 Å². The van der Waals surface area contributed by atoms with Crippen LogP contribution in [-0.4, -0.2) is 26.2 Å². The van der Waals surface area contributed by atoms with E-state index in [0.717, 1.165) is 30.4 Å². The molecule has 2 rings (SSSR count). The molecule has 2 aromatic rings. The highest BCUT2D eigenvalue weighted by Crippen LogP contribution is 2.17. The molecule has 21 heavy (non-hydrogen) atoms. The monoisotopic (exact) mass is 285 g/mol. The fraction of sp³-hybridized carbons (Fsp3) is 0.353. The summed E-state index contributed by atoms with van der Waals surface area (Å²) in [7, 11) is 5.69. The second-order valence-corrected chi connectivity index (χ2v) is 5.15. The molecule has 1 N–H and O–H groups in total. The van der Waals surface area contributed by atoms with Gasteiger partial charge < -0.3 is 15.0 Å². The van der Waals surface area contributed by atoms with Crippen LogP contribution in [0.1, 0.15) is 16.8 Å². The Morgan fingerprint density at radius 3 is 2.43 bits per heavy atom. The van der Waals surface area contributed by atoms with Crippen LogP contribution in [0.3, 0.4) is 0 Å². The van der Waals surface area contributed by atoms with Gasteiger partial charge in [0.1, 0.15) is 11.6 Å². The highest BCUT2D eigenvalue weighted by Gasteiger charge is 2.06. The van der Waals surface area contributed by atoms with Gasteiger partial charge in [-0.05, 0) is 43.3 Å². The number of methoxy groups -OCH3 is 1. The summed E-state index contributed by atoms with van der Waals surface area (Å²) in [6.45, 7) is 3.72. The van der Waals surface area contributed by atoms with E-state index in [1.807, 2.05) is 19.2 Å². The lowest BCUT2D eigenvalue weighted by Crippen LogP contribution is -2.18. The molecule has 0 aliphatic rings. The van der Waals surface area contributed by atoms with Crippen molar-refractivity contribution in [2.24, 2.45) is 0 Å². The third-order valence-electron chi connectivity index (χ3n) is 3.52. The molecular formula is C17H23N3O. The summed E-state index contributed by atoms with van der Waals surface area (Å²) in [5.74, 6) is 1.87. The van der Waals surface area contributed by atoms with E-state index in [0.29, 0.717) is 0 Å². The highest BCUT2D eigenvalue weighted by molar-refractivity contribution is 5.42. The van der Waals surface area contributed by atoms with E-state index in [1.54, 1.807) is 7.11 Å². The van der Waals surface area contributed by atoms with Crippen LogP contribution in [0, 0.1) is 6.92 Å². The van der Waals surface area contributed by atoms with E-state index in [2.05, 4.69) is 53.4 Å². The maximum absolute atomic E-state index is 5.18. The van der Waals surface area contributed by atoms with Crippen molar-refractivity contribution in [3.63, 3.8) is 0 Å². The average Bonchev–Trinajstić information content (AvgIpc) is 2.50. The Balaban J connectivity index is 2.08. The van der Waals surface area contributed by atoms with Gasteiger partial charge in [0, 0.05) is 25.8 Å². The van der Waals surface area contributed by atoms with Crippen molar-refractivity contribution in [2.75, 3.05) is 26.1 Å². The Morgan fingerprint density at radius 1 is 1.14 bits per heavy atom. The van der Waals surface area contributed by atoms with E-state index in [4.69, 9.17) is 4.74 Å². The van der Waals surface area contributed by atoms with Crippen molar-refractivity contribution in [3.05, 3.63) is 53.2 Å². The van der Waals surface area contributed by atoms with Crippen LogP contribution < -0.4 is 15.0 Å². The molecule has 0 aliphatic carbocycles. The van der Waals surface area contributed by atoms with Crippen LogP contribution in [-0.2, 0) is 13.1 Å². The zero-order valence-electron chi connectivity index (χ0n) is 13.2. The first-order chi connectivity index (χ1) is 10.1. The minimum absolute atomic E-state index is 0.821. The zero-order valence-corrected chi connectivity index (χ0v) is 13.2. The molecule has 0 aliphatic heterocycles. The van der Waals surface area contributed by atoms with Crippen LogP contribution >= 0.6 is 0 Å². The first kappa shape index (κ1) is 15.3. The number of nitrogens with zero attached hydrogens (tertiary/aromatic N) is 2. The lowest BCUT2D eigenvalue weighted by atomic mass is 10.2. The van der Waals surface area contributed by atoms with Gasteiger partial charge in [-0.25, -0.2) is 4.98 Å². The maximum atomic E-state index is 5.18. The zero-order chi connectivity index (χ0) is 15.2. The number of rotatable bonds is 6. The molecule has 0 radical (unpaired) electrons. The SMILES string of the molecule is CNCc1ccc(N(C)Cc2ccc(OC)cc2)nc1C. The third kappa shape index (κ3) is 3.95. The van der Waals surface area contributed by atoms with E-state index >= 15 is 0 Å². The summed E-state index contributed by atoms with van der Waals surface area (Å²) in [5, 5.41) is 3.16. The van der Waals surface area contributed by atoms with Gasteiger partial charge in [0.05, 0.1) is 7.11 Å². The first-order valence-corrected chi connectivity index (χ1v) is 7.09. The van der Waals surface area contributed by atoms with Crippen molar-refractivity contribution < 1.29 is 4.74 Å². The maximum Gasteiger partial charge on any atom is 0.128 e. The summed E-state index contributed by atoms with van der Waals surface area (Å²) in [6.07, 6.45) is 0. The third-order valence-corrected chi connectivity index (χ3v) is 3.52. The largest absolute Gasteiger partial charge is 0.497 e. The van der Waals surface area contributed by atoms with Gasteiger partial charge in [-0.3, -0.25) is 0 Å². The first-order valence-electron chi connectivity index (χ1n) is 7.09. The standard InChI is InChI=1S/C17H23N3O/c1-13-15(11-18-2)7-10-17(19-13)20(3)12-14-5-8-16(21-4)9-6-14/h5-10,18H,11-12H2,1-4H3. The topological polar surface area (TPSA) is 37.4 Å². The average molecular weight is 285 g/mol. The number of benzene rings is 1. The van der Waals surface area contributed by atoms with Gasteiger partial charge in [0.25, 0.3) is 0 Å². The summed E-state index contributed by atoms with van der Waals surface area (Å²) in [6, 6.07) is 12.3. The van der Waals surface area contributed by atoms with Gasteiger partial charge in [-0.2, -0.15) is 0 Å². The van der Waals surface area contributed by atoms with Crippen molar-refractivity contribution in [1.82, 2.24) is 10.3 Å². The van der Waals surface area contributed by atoms with Crippen LogP contribution in [0.15, 0.2) is 36.4 Å². The lowest BCUT2D eigenvalue weighted by molar-refractivity contribution is 0.414. The molecule has 4 heteroatoms. The minimum atomic E-state index is 0.821. The number of ether oxygens (including phenoxy) is 1. The molecule has 4 nitrogen and oxygen atoms in total. The van der Waals surface area contributed by atoms with E-state index < -0.39 is 0 Å². The molecule has 1 heterocycles. The number of aromatic nitrogens is 1. The molecular weight excluding hydrogens is 262 g/mol. The smallest absolute Gasteiger partial charge is 0.128 e. The number of hydrogen-bond donors (Lipinski definition) is 1. The Bertz CT molecular complexity index is 581. The van der Waals surface area contributed by atoms with Crippen molar-refractivity contribution in [3.8, 4) is 5.75 Å². The Kier molecular flexibility index (Phi) is 5.17. The lowest BCUT2D eigenvalue weighted by Gasteiger charge is -2.19. The summed E-state index contributed by atoms with van der Waals surface area (Å²) in [4.78, 5) is 6.83. The quantitative estimate of drug-likeness (QED) is 0.885. The molecule has 0 atom stereocenters. The Morgan fingerprint density at radius 2 is 1.86 bits per heavy atom. The van der Waals surface area contributed by atoms with Gasteiger partial charge in [-0.1, -0.05) is 18.2 Å². The van der Waals surface area contributed by atoms with Gasteiger partial charge >= 0.3 is 0 Å². The molecule has 0 saturated carbocycles. The molecule has 1 aromatic heterocycles. The van der Waals surface area contributed by atoms with E-state index in [9.17, 15) is 0 Å². The molecule has 1 aromatic carbocycles. The van der Waals surface area contributed by atoms with Gasteiger partial charge in [-0.15, -0.1) is 0 Å². The number of nitrogens with one attached hydrogen (secondary N) is 1. The summed E-state index contributed by atoms with van der Waals surface area (Å²) < 4.78 is 5.18. The minimum Gasteiger partial charge on any atom is -0.497 e. The molecule has 0 spiro atoms. The fourth-order valence-corrected chi connectivity index (χ4v) is 2.25. The molecule has 112 valence electrons. The number of anilines is 1.